The third-order valence-corrected chi connectivity index (χ3v) is 6.14. The average Bonchev–Trinajstić information content (AvgIpc) is 2.98. The molecule has 0 spiro atoms. The zero-order valence-corrected chi connectivity index (χ0v) is 13.8. The van der Waals surface area contributed by atoms with Crippen molar-refractivity contribution in [2.45, 2.75) is 13.3 Å². The Kier molecular flexibility index (Phi) is 5.55. The smallest absolute Gasteiger partial charge is 0.167 e. The van der Waals surface area contributed by atoms with Crippen LogP contribution in [0.25, 0.3) is 0 Å². The third kappa shape index (κ3) is 3.21. The summed E-state index contributed by atoms with van der Waals surface area (Å²) in [6.45, 7) is 2.16. The molecule has 0 bridgehead atoms. The minimum Gasteiger partial charge on any atom is -0.294 e. The molecule has 1 aromatic rings. The van der Waals surface area contributed by atoms with Crippen LogP contribution in [0.3, 0.4) is 0 Å². The van der Waals surface area contributed by atoms with Gasteiger partial charge in [0.15, 0.2) is 5.78 Å². The predicted octanol–water partition coefficient (Wildman–Crippen LogP) is 5.02. The third-order valence-electron chi connectivity index (χ3n) is 3.75. The maximum Gasteiger partial charge on any atom is 0.167 e. The van der Waals surface area contributed by atoms with Crippen LogP contribution in [0.15, 0.2) is 52.3 Å². The molecule has 0 unspecified atom stereocenters. The van der Waals surface area contributed by atoms with Crippen molar-refractivity contribution in [1.82, 2.24) is 0 Å². The Bertz CT molecular complexity index is 525. The fourth-order valence-electron chi connectivity index (χ4n) is 2.73. The van der Waals surface area contributed by atoms with Crippen molar-refractivity contribution in [1.29, 1.82) is 0 Å². The highest BCUT2D eigenvalue weighted by Crippen LogP contribution is 2.39. The molecule has 0 heterocycles. The van der Waals surface area contributed by atoms with Gasteiger partial charge >= 0.3 is 0 Å². The van der Waals surface area contributed by atoms with E-state index in [0.29, 0.717) is 0 Å². The molecule has 0 saturated carbocycles. The van der Waals surface area contributed by atoms with E-state index in [1.807, 2.05) is 30.3 Å². The van der Waals surface area contributed by atoms with E-state index in [1.165, 1.54) is 9.81 Å². The van der Waals surface area contributed by atoms with Gasteiger partial charge in [-0.1, -0.05) is 42.5 Å². The minimum absolute atomic E-state index is 0.0618. The highest BCUT2D eigenvalue weighted by molar-refractivity contribution is 8.21. The molecule has 2 rings (SSSR count). The molecule has 1 aromatic carbocycles. The molecule has 0 aromatic heterocycles. The molecular formula is C17H20OS2. The largest absolute Gasteiger partial charge is 0.294 e. The minimum atomic E-state index is 0.0618. The zero-order chi connectivity index (χ0) is 14.5. The second-order valence-electron chi connectivity index (χ2n) is 4.91. The molecule has 0 N–H and O–H groups in total. The Labute approximate surface area is 129 Å². The van der Waals surface area contributed by atoms with Crippen molar-refractivity contribution in [2.75, 3.05) is 12.5 Å². The SMILES string of the molecule is CSC(SC)=C(C)[C@H]1C=CC[C@@H]1C(=O)c1ccccc1. The Balaban J connectivity index is 2.25. The predicted molar refractivity (Wildman–Crippen MR) is 91.2 cm³/mol. The Hall–Kier alpha value is -0.930. The van der Waals surface area contributed by atoms with Crippen LogP contribution in [0.5, 0.6) is 0 Å². The Morgan fingerprint density at radius 2 is 1.80 bits per heavy atom. The normalized spacial score (nSPS) is 20.9. The topological polar surface area (TPSA) is 17.1 Å². The summed E-state index contributed by atoms with van der Waals surface area (Å²) in [6, 6.07) is 9.65. The first-order valence-electron chi connectivity index (χ1n) is 6.73. The van der Waals surface area contributed by atoms with Gasteiger partial charge in [0, 0.05) is 21.6 Å². The first-order chi connectivity index (χ1) is 9.69. The van der Waals surface area contributed by atoms with Gasteiger partial charge in [0.05, 0.1) is 0 Å². The van der Waals surface area contributed by atoms with Crippen molar-refractivity contribution >= 4 is 29.3 Å². The molecule has 1 aliphatic rings. The molecule has 20 heavy (non-hydrogen) atoms. The highest BCUT2D eigenvalue weighted by Gasteiger charge is 2.31. The van der Waals surface area contributed by atoms with Gasteiger partial charge < -0.3 is 0 Å². The fraction of sp³-hybridized carbons (Fsp3) is 0.353. The lowest BCUT2D eigenvalue weighted by molar-refractivity contribution is 0.0907. The number of ketones is 1. The standard InChI is InChI=1S/C17H20OS2/c1-12(17(19-2)20-3)14-10-7-11-15(14)16(18)13-8-5-4-6-9-13/h4-10,14-15H,11H2,1-3H3/t14-,15+/m1/s1. The maximum atomic E-state index is 12.7. The fourth-order valence-corrected chi connectivity index (χ4v) is 4.31. The van der Waals surface area contributed by atoms with E-state index in [2.05, 4.69) is 31.6 Å². The first kappa shape index (κ1) is 15.5. The van der Waals surface area contributed by atoms with Crippen LogP contribution in [-0.4, -0.2) is 18.3 Å². The summed E-state index contributed by atoms with van der Waals surface area (Å²) in [4.78, 5) is 12.7. The van der Waals surface area contributed by atoms with Crippen LogP contribution in [0.4, 0.5) is 0 Å². The number of carbonyl (C=O) groups excluding carboxylic acids is 1. The molecule has 3 heteroatoms. The second kappa shape index (κ2) is 7.19. The monoisotopic (exact) mass is 304 g/mol. The van der Waals surface area contributed by atoms with Crippen molar-refractivity contribution in [3.8, 4) is 0 Å². The van der Waals surface area contributed by atoms with Gasteiger partial charge in [-0.15, -0.1) is 23.5 Å². The van der Waals surface area contributed by atoms with E-state index in [1.54, 1.807) is 23.5 Å². The number of benzene rings is 1. The van der Waals surface area contributed by atoms with E-state index < -0.39 is 0 Å². The lowest BCUT2D eigenvalue weighted by Gasteiger charge is -2.21. The van der Waals surface area contributed by atoms with Crippen LogP contribution < -0.4 is 0 Å². The van der Waals surface area contributed by atoms with E-state index in [0.717, 1.165) is 12.0 Å². The first-order valence-corrected chi connectivity index (χ1v) is 9.18. The summed E-state index contributed by atoms with van der Waals surface area (Å²) >= 11 is 3.54. The molecule has 1 nitrogen and oxygen atoms in total. The molecule has 0 saturated heterocycles. The number of thioether (sulfide) groups is 2. The van der Waals surface area contributed by atoms with Crippen molar-refractivity contribution < 1.29 is 4.79 Å². The molecular weight excluding hydrogens is 284 g/mol. The maximum absolute atomic E-state index is 12.7. The van der Waals surface area contributed by atoms with Crippen LogP contribution in [0.2, 0.25) is 0 Å². The lowest BCUT2D eigenvalue weighted by atomic mass is 9.84. The zero-order valence-electron chi connectivity index (χ0n) is 12.1. The van der Waals surface area contributed by atoms with Gasteiger partial charge in [-0.05, 0) is 31.4 Å². The summed E-state index contributed by atoms with van der Waals surface area (Å²) in [5.74, 6) is 0.575. The molecule has 0 amide bonds. The number of hydrogen-bond donors (Lipinski definition) is 0. The van der Waals surface area contributed by atoms with Crippen LogP contribution >= 0.6 is 23.5 Å². The van der Waals surface area contributed by atoms with E-state index >= 15 is 0 Å². The Morgan fingerprint density at radius 3 is 2.40 bits per heavy atom. The summed E-state index contributed by atoms with van der Waals surface area (Å²) in [7, 11) is 0. The van der Waals surface area contributed by atoms with Crippen molar-refractivity contribution in [3.63, 3.8) is 0 Å². The lowest BCUT2D eigenvalue weighted by Crippen LogP contribution is -2.20. The molecule has 0 radical (unpaired) electrons. The van der Waals surface area contributed by atoms with E-state index in [9.17, 15) is 4.79 Å². The number of carbonyl (C=O) groups is 1. The molecule has 0 aliphatic heterocycles. The molecule has 0 fully saturated rings. The van der Waals surface area contributed by atoms with Gasteiger partial charge in [0.1, 0.15) is 0 Å². The van der Waals surface area contributed by atoms with Crippen molar-refractivity contribution in [3.05, 3.63) is 57.9 Å². The summed E-state index contributed by atoms with van der Waals surface area (Å²) < 4.78 is 1.33. The van der Waals surface area contributed by atoms with Gasteiger partial charge in [0.25, 0.3) is 0 Å². The Morgan fingerprint density at radius 1 is 1.15 bits per heavy atom. The number of hydrogen-bond acceptors (Lipinski definition) is 3. The van der Waals surface area contributed by atoms with Crippen molar-refractivity contribution in [2.24, 2.45) is 11.8 Å². The number of allylic oxidation sites excluding steroid dienone is 3. The number of Topliss-reactive ketones (excluding diaryl/α,β-unsaturated/α-hetero) is 1. The van der Waals surface area contributed by atoms with Crippen LogP contribution in [0.1, 0.15) is 23.7 Å². The quantitative estimate of drug-likeness (QED) is 0.561. The summed E-state index contributed by atoms with van der Waals surface area (Å²) in [5.41, 5.74) is 2.15. The molecule has 2 atom stereocenters. The van der Waals surface area contributed by atoms with Crippen LogP contribution in [-0.2, 0) is 0 Å². The van der Waals surface area contributed by atoms with Gasteiger partial charge in [-0.25, -0.2) is 0 Å². The average molecular weight is 304 g/mol. The highest BCUT2D eigenvalue weighted by atomic mass is 32.2. The van der Waals surface area contributed by atoms with E-state index in [4.69, 9.17) is 0 Å². The summed E-state index contributed by atoms with van der Waals surface area (Å²) in [6.07, 6.45) is 9.40. The summed E-state index contributed by atoms with van der Waals surface area (Å²) in [5, 5.41) is 0. The van der Waals surface area contributed by atoms with Gasteiger partial charge in [0.2, 0.25) is 0 Å². The van der Waals surface area contributed by atoms with Crippen LogP contribution in [0, 0.1) is 11.8 Å². The van der Waals surface area contributed by atoms with Gasteiger partial charge in [-0.2, -0.15) is 0 Å². The number of rotatable bonds is 5. The molecule has 1 aliphatic carbocycles. The van der Waals surface area contributed by atoms with Gasteiger partial charge in [-0.3, -0.25) is 4.79 Å². The second-order valence-corrected chi connectivity index (χ2v) is 6.80. The molecule has 106 valence electrons. The van der Waals surface area contributed by atoms with E-state index in [-0.39, 0.29) is 17.6 Å².